The molecule has 1 aromatic heterocycles. The molecule has 19 heavy (non-hydrogen) atoms. The van der Waals surface area contributed by atoms with Crippen LogP contribution in [0.4, 0.5) is 11.5 Å². The first-order valence-corrected chi connectivity index (χ1v) is 6.32. The molecule has 1 heterocycles. The van der Waals surface area contributed by atoms with Crippen LogP contribution >= 0.6 is 11.6 Å². The number of benzene rings is 1. The average Bonchev–Trinajstić information content (AvgIpc) is 2.77. The summed E-state index contributed by atoms with van der Waals surface area (Å²) in [6, 6.07) is 6.91. The zero-order chi connectivity index (χ0) is 13.8. The summed E-state index contributed by atoms with van der Waals surface area (Å²) in [4.78, 5) is 12.2. The minimum Gasteiger partial charge on any atom is -0.385 e. The lowest BCUT2D eigenvalue weighted by Crippen LogP contribution is -2.15. The third kappa shape index (κ3) is 3.26. The summed E-state index contributed by atoms with van der Waals surface area (Å²) in [6.07, 6.45) is 1.76. The van der Waals surface area contributed by atoms with Crippen molar-refractivity contribution < 1.29 is 4.79 Å². The highest BCUT2D eigenvalue weighted by Gasteiger charge is 2.13. The summed E-state index contributed by atoms with van der Waals surface area (Å²) >= 11 is 5.94. The van der Waals surface area contributed by atoms with Crippen LogP contribution in [-0.4, -0.2) is 22.2 Å². The van der Waals surface area contributed by atoms with Crippen molar-refractivity contribution >= 4 is 29.0 Å². The summed E-state index contributed by atoms with van der Waals surface area (Å²) in [6.45, 7) is 2.69. The maximum absolute atomic E-state index is 12.2. The SMILES string of the molecule is CCNc1ccc(Cl)cc1C(=O)Nc1ccn(C)n1. The maximum atomic E-state index is 12.2. The predicted octanol–water partition coefficient (Wildman–Crippen LogP) is 2.76. The third-order valence-corrected chi connectivity index (χ3v) is 2.78. The summed E-state index contributed by atoms with van der Waals surface area (Å²) in [5.74, 6) is 0.270. The molecule has 100 valence electrons. The van der Waals surface area contributed by atoms with E-state index in [4.69, 9.17) is 11.6 Å². The van der Waals surface area contributed by atoms with Gasteiger partial charge in [0.15, 0.2) is 5.82 Å². The Hall–Kier alpha value is -2.01. The summed E-state index contributed by atoms with van der Waals surface area (Å²) < 4.78 is 1.62. The molecular weight excluding hydrogens is 264 g/mol. The largest absolute Gasteiger partial charge is 0.385 e. The van der Waals surface area contributed by atoms with Gasteiger partial charge in [0.2, 0.25) is 0 Å². The Morgan fingerprint density at radius 2 is 2.21 bits per heavy atom. The lowest BCUT2D eigenvalue weighted by atomic mass is 10.1. The highest BCUT2D eigenvalue weighted by Crippen LogP contribution is 2.21. The minimum absolute atomic E-state index is 0.239. The number of amides is 1. The van der Waals surface area contributed by atoms with Gasteiger partial charge in [-0.2, -0.15) is 5.10 Å². The first-order chi connectivity index (χ1) is 9.10. The molecule has 0 aliphatic heterocycles. The molecule has 0 spiro atoms. The van der Waals surface area contributed by atoms with E-state index >= 15 is 0 Å². The Bertz CT molecular complexity index is 594. The number of carbonyl (C=O) groups excluding carboxylic acids is 1. The fourth-order valence-corrected chi connectivity index (χ4v) is 1.89. The van der Waals surface area contributed by atoms with Crippen LogP contribution in [0.3, 0.4) is 0 Å². The van der Waals surface area contributed by atoms with Gasteiger partial charge in [-0.1, -0.05) is 11.6 Å². The number of carbonyl (C=O) groups is 1. The quantitative estimate of drug-likeness (QED) is 0.904. The zero-order valence-corrected chi connectivity index (χ0v) is 11.5. The Kier molecular flexibility index (Phi) is 4.06. The maximum Gasteiger partial charge on any atom is 0.259 e. The van der Waals surface area contributed by atoms with E-state index in [1.807, 2.05) is 6.92 Å². The van der Waals surface area contributed by atoms with Gasteiger partial charge < -0.3 is 10.6 Å². The second kappa shape index (κ2) is 5.75. The summed E-state index contributed by atoms with van der Waals surface area (Å²) in [7, 11) is 1.79. The monoisotopic (exact) mass is 278 g/mol. The molecule has 0 saturated heterocycles. The highest BCUT2D eigenvalue weighted by atomic mass is 35.5. The molecule has 2 N–H and O–H groups in total. The van der Waals surface area contributed by atoms with E-state index < -0.39 is 0 Å². The molecule has 0 aliphatic rings. The molecule has 0 aliphatic carbocycles. The van der Waals surface area contributed by atoms with Crippen LogP contribution in [0.25, 0.3) is 0 Å². The van der Waals surface area contributed by atoms with Gasteiger partial charge in [-0.3, -0.25) is 9.48 Å². The molecule has 0 unspecified atom stereocenters. The first-order valence-electron chi connectivity index (χ1n) is 5.94. The van der Waals surface area contributed by atoms with Gasteiger partial charge in [-0.25, -0.2) is 0 Å². The molecule has 1 amide bonds. The molecule has 6 heteroatoms. The number of aromatic nitrogens is 2. The van der Waals surface area contributed by atoms with E-state index in [1.165, 1.54) is 0 Å². The van der Waals surface area contributed by atoms with Crippen LogP contribution in [0.15, 0.2) is 30.5 Å². The van der Waals surface area contributed by atoms with Crippen molar-refractivity contribution in [1.82, 2.24) is 9.78 Å². The Morgan fingerprint density at radius 1 is 1.42 bits per heavy atom. The molecule has 0 bridgehead atoms. The fourth-order valence-electron chi connectivity index (χ4n) is 1.71. The minimum atomic E-state index is -0.239. The van der Waals surface area contributed by atoms with Crippen LogP contribution in [0.1, 0.15) is 17.3 Å². The van der Waals surface area contributed by atoms with Gasteiger partial charge >= 0.3 is 0 Å². The molecule has 0 atom stereocenters. The van der Waals surface area contributed by atoms with Crippen LogP contribution in [0, 0.1) is 0 Å². The number of anilines is 2. The third-order valence-electron chi connectivity index (χ3n) is 2.55. The molecule has 2 aromatic rings. The lowest BCUT2D eigenvalue weighted by molar-refractivity contribution is 0.102. The van der Waals surface area contributed by atoms with Gasteiger partial charge in [0, 0.05) is 36.6 Å². The standard InChI is InChI=1S/C13H15ClN4O/c1-3-15-11-5-4-9(14)8-10(11)13(19)16-12-6-7-18(2)17-12/h4-8,15H,3H2,1-2H3,(H,16,17,19). The van der Waals surface area contributed by atoms with E-state index in [9.17, 15) is 4.79 Å². The van der Waals surface area contributed by atoms with E-state index in [0.717, 1.165) is 12.2 Å². The fraction of sp³-hybridized carbons (Fsp3) is 0.231. The van der Waals surface area contributed by atoms with Gasteiger partial charge in [0.25, 0.3) is 5.91 Å². The van der Waals surface area contributed by atoms with Crippen molar-refractivity contribution in [3.8, 4) is 0 Å². The topological polar surface area (TPSA) is 59.0 Å². The Labute approximate surface area is 116 Å². The van der Waals surface area contributed by atoms with E-state index in [2.05, 4.69) is 15.7 Å². The molecule has 1 aromatic carbocycles. The van der Waals surface area contributed by atoms with Crippen molar-refractivity contribution in [2.75, 3.05) is 17.2 Å². The second-order valence-electron chi connectivity index (χ2n) is 4.05. The van der Waals surface area contributed by atoms with Crippen molar-refractivity contribution in [1.29, 1.82) is 0 Å². The van der Waals surface area contributed by atoms with Crippen LogP contribution in [-0.2, 0) is 7.05 Å². The molecule has 5 nitrogen and oxygen atoms in total. The molecular formula is C13H15ClN4O. The molecule has 0 saturated carbocycles. The van der Waals surface area contributed by atoms with Crippen molar-refractivity contribution in [3.05, 3.63) is 41.0 Å². The van der Waals surface area contributed by atoms with Crippen molar-refractivity contribution in [2.24, 2.45) is 7.05 Å². The van der Waals surface area contributed by atoms with Gasteiger partial charge in [0.1, 0.15) is 0 Å². The Morgan fingerprint density at radius 3 is 2.84 bits per heavy atom. The van der Waals surface area contributed by atoms with Gasteiger partial charge in [0.05, 0.1) is 5.56 Å². The smallest absolute Gasteiger partial charge is 0.259 e. The number of hydrogen-bond acceptors (Lipinski definition) is 3. The number of rotatable bonds is 4. The Balaban J connectivity index is 2.24. The number of aryl methyl sites for hydroxylation is 1. The van der Waals surface area contributed by atoms with Crippen molar-refractivity contribution in [3.63, 3.8) is 0 Å². The molecule has 0 fully saturated rings. The first kappa shape index (κ1) is 13.4. The second-order valence-corrected chi connectivity index (χ2v) is 4.49. The lowest BCUT2D eigenvalue weighted by Gasteiger charge is -2.10. The highest BCUT2D eigenvalue weighted by molar-refractivity contribution is 6.31. The number of hydrogen-bond donors (Lipinski definition) is 2. The molecule has 0 radical (unpaired) electrons. The van der Waals surface area contributed by atoms with E-state index in [-0.39, 0.29) is 5.91 Å². The van der Waals surface area contributed by atoms with Gasteiger partial charge in [-0.15, -0.1) is 0 Å². The van der Waals surface area contributed by atoms with E-state index in [1.54, 1.807) is 42.2 Å². The summed E-state index contributed by atoms with van der Waals surface area (Å²) in [5, 5.41) is 10.5. The van der Waals surface area contributed by atoms with Crippen LogP contribution in [0.5, 0.6) is 0 Å². The average molecular weight is 279 g/mol. The molecule has 2 rings (SSSR count). The predicted molar refractivity (Wildman–Crippen MR) is 76.8 cm³/mol. The zero-order valence-electron chi connectivity index (χ0n) is 10.8. The number of nitrogens with one attached hydrogen (secondary N) is 2. The van der Waals surface area contributed by atoms with Crippen molar-refractivity contribution in [2.45, 2.75) is 6.92 Å². The number of nitrogens with zero attached hydrogens (tertiary/aromatic N) is 2. The van der Waals surface area contributed by atoms with E-state index in [0.29, 0.717) is 16.4 Å². The number of halogens is 1. The van der Waals surface area contributed by atoms with Crippen LogP contribution in [0.2, 0.25) is 5.02 Å². The van der Waals surface area contributed by atoms with Crippen LogP contribution < -0.4 is 10.6 Å². The summed E-state index contributed by atoms with van der Waals surface area (Å²) in [5.41, 5.74) is 1.25. The normalized spacial score (nSPS) is 10.3. The van der Waals surface area contributed by atoms with Gasteiger partial charge in [-0.05, 0) is 25.1 Å².